The van der Waals surface area contributed by atoms with Crippen molar-refractivity contribution < 1.29 is 67.3 Å². The van der Waals surface area contributed by atoms with Gasteiger partial charge in [-0.1, -0.05) is 0 Å². The van der Waals surface area contributed by atoms with Crippen LogP contribution in [0.3, 0.4) is 0 Å². The first-order valence-corrected chi connectivity index (χ1v) is 6.42. The van der Waals surface area contributed by atoms with E-state index < -0.39 is 69.1 Å². The molecule has 3 nitrogen and oxygen atoms in total. The molecule has 2 atom stereocenters. The summed E-state index contributed by atoms with van der Waals surface area (Å²) < 4.78 is 155. The van der Waals surface area contributed by atoms with E-state index >= 15 is 0 Å². The Morgan fingerprint density at radius 3 is 1.12 bits per heavy atom. The second-order valence-corrected chi connectivity index (χ2v) is 5.01. The van der Waals surface area contributed by atoms with Crippen LogP contribution in [0.15, 0.2) is 0 Å². The van der Waals surface area contributed by atoms with Gasteiger partial charge in [-0.2, -0.15) is 26.3 Å². The summed E-state index contributed by atoms with van der Waals surface area (Å²) in [6.45, 7) is -6.77. The highest BCUT2D eigenvalue weighted by atomic mass is 19.4. The number of aliphatic hydroxyl groups is 1. The van der Waals surface area contributed by atoms with E-state index in [1.165, 1.54) is 0 Å². The molecule has 0 saturated carbocycles. The van der Waals surface area contributed by atoms with Crippen molar-refractivity contribution in [2.75, 3.05) is 26.4 Å². The van der Waals surface area contributed by atoms with Gasteiger partial charge in [0.1, 0.15) is 19.3 Å². The highest BCUT2D eigenvalue weighted by Gasteiger charge is 2.57. The van der Waals surface area contributed by atoms with Crippen LogP contribution in [-0.2, 0) is 9.47 Å². The summed E-state index contributed by atoms with van der Waals surface area (Å²) in [7, 11) is 0. The number of aliphatic hydroxyl groups excluding tert-OH is 1. The van der Waals surface area contributed by atoms with E-state index in [9.17, 15) is 52.7 Å². The van der Waals surface area contributed by atoms with Crippen LogP contribution in [0.25, 0.3) is 0 Å². The number of hydrogen-bond acceptors (Lipinski definition) is 3. The quantitative estimate of drug-likeness (QED) is 0.551. The van der Waals surface area contributed by atoms with Crippen LogP contribution < -0.4 is 0 Å². The highest BCUT2D eigenvalue weighted by molar-refractivity contribution is 4.83. The number of ether oxygens (including phenoxy) is 2. The predicted molar refractivity (Wildman–Crippen MR) is 59.4 cm³/mol. The van der Waals surface area contributed by atoms with Crippen LogP contribution in [0.2, 0.25) is 0 Å². The molecular weight excluding hydrogens is 408 g/mol. The lowest BCUT2D eigenvalue weighted by molar-refractivity contribution is -0.258. The monoisotopic (exact) mass is 420 g/mol. The molecule has 0 radical (unpaired) electrons. The molecular formula is C11H12F12O3. The average Bonchev–Trinajstić information content (AvgIpc) is 2.43. The Morgan fingerprint density at radius 2 is 0.885 bits per heavy atom. The van der Waals surface area contributed by atoms with Crippen LogP contribution in [0, 0.1) is 0 Å². The molecule has 0 spiro atoms. The predicted octanol–water partition coefficient (Wildman–Crippen LogP) is 3.45. The fourth-order valence-electron chi connectivity index (χ4n) is 1.34. The largest absolute Gasteiger partial charge is 0.425 e. The molecule has 0 aliphatic carbocycles. The Morgan fingerprint density at radius 1 is 0.615 bits per heavy atom. The summed E-state index contributed by atoms with van der Waals surface area (Å²) in [5.41, 5.74) is 0. The third-order valence-electron chi connectivity index (χ3n) is 2.53. The summed E-state index contributed by atoms with van der Waals surface area (Å²) in [6.07, 6.45) is -22.9. The van der Waals surface area contributed by atoms with Crippen molar-refractivity contribution in [2.45, 2.75) is 42.6 Å². The first-order valence-electron chi connectivity index (χ1n) is 6.42. The lowest BCUT2D eigenvalue weighted by atomic mass is 10.2. The van der Waals surface area contributed by atoms with Gasteiger partial charge >= 0.3 is 24.2 Å². The van der Waals surface area contributed by atoms with E-state index in [-0.39, 0.29) is 0 Å². The van der Waals surface area contributed by atoms with Gasteiger partial charge in [0.25, 0.3) is 12.3 Å². The fourth-order valence-corrected chi connectivity index (χ4v) is 1.34. The van der Waals surface area contributed by atoms with Gasteiger partial charge in [0.15, 0.2) is 0 Å². The maximum Gasteiger partial charge on any atom is 0.425 e. The molecule has 0 heterocycles. The molecule has 0 fully saturated rings. The summed E-state index contributed by atoms with van der Waals surface area (Å²) in [4.78, 5) is 0. The molecule has 26 heavy (non-hydrogen) atoms. The van der Waals surface area contributed by atoms with Crippen LogP contribution in [-0.4, -0.2) is 74.2 Å². The van der Waals surface area contributed by atoms with E-state index in [1.54, 1.807) is 0 Å². The number of hydrogen-bond donors (Lipinski definition) is 1. The van der Waals surface area contributed by atoms with Gasteiger partial charge < -0.3 is 14.6 Å². The maximum atomic E-state index is 12.8. The molecule has 0 aliphatic heterocycles. The lowest BCUT2D eigenvalue weighted by Gasteiger charge is -2.24. The van der Waals surface area contributed by atoms with Crippen molar-refractivity contribution in [1.29, 1.82) is 0 Å². The summed E-state index contributed by atoms with van der Waals surface area (Å²) in [5.74, 6) is -10.0. The van der Waals surface area contributed by atoms with Gasteiger partial charge in [-0.25, -0.2) is 26.3 Å². The van der Waals surface area contributed by atoms with Gasteiger partial charge in [0.2, 0.25) is 0 Å². The SMILES string of the molecule is OC(COCC(F)(F)[C@H](F)C(F)(F)F)COCC(F)(F)[C@H](F)C(F)(F)F. The topological polar surface area (TPSA) is 38.7 Å². The van der Waals surface area contributed by atoms with Crippen LogP contribution in [0.5, 0.6) is 0 Å². The molecule has 0 saturated heterocycles. The van der Waals surface area contributed by atoms with E-state index in [2.05, 4.69) is 9.47 Å². The number of halogens is 12. The second-order valence-electron chi connectivity index (χ2n) is 5.01. The summed E-state index contributed by atoms with van der Waals surface area (Å²) in [6, 6.07) is 0. The standard InChI is InChI=1S/C11H12F12O3/c12-6(10(18,19)20)8(14,15)3-25-1-5(24)2-26-4-9(16,17)7(13)11(21,22)23/h5-7,24H,1-4H2/t6-,7-/m0/s1. The molecule has 0 bridgehead atoms. The molecule has 0 unspecified atom stereocenters. The van der Waals surface area contributed by atoms with E-state index in [0.29, 0.717) is 0 Å². The average molecular weight is 420 g/mol. The zero-order valence-electron chi connectivity index (χ0n) is 12.4. The van der Waals surface area contributed by atoms with Crippen LogP contribution >= 0.6 is 0 Å². The maximum absolute atomic E-state index is 12.8. The first-order chi connectivity index (χ1) is 11.4. The zero-order valence-corrected chi connectivity index (χ0v) is 12.4. The molecule has 1 N–H and O–H groups in total. The summed E-state index contributed by atoms with van der Waals surface area (Å²) in [5, 5.41) is 9.07. The van der Waals surface area contributed by atoms with E-state index in [4.69, 9.17) is 5.11 Å². The number of rotatable bonds is 10. The third kappa shape index (κ3) is 8.16. The Hall–Kier alpha value is -0.960. The van der Waals surface area contributed by atoms with E-state index in [0.717, 1.165) is 0 Å². The molecule has 0 aromatic heterocycles. The van der Waals surface area contributed by atoms with Crippen molar-refractivity contribution in [3.8, 4) is 0 Å². The Bertz CT molecular complexity index is 384. The Kier molecular flexibility index (Phi) is 8.49. The minimum Gasteiger partial charge on any atom is -0.388 e. The zero-order chi connectivity index (χ0) is 21.0. The minimum absolute atomic E-state index is 1.25. The first kappa shape index (κ1) is 25.0. The normalized spacial score (nSPS) is 17.9. The van der Waals surface area contributed by atoms with Crippen LogP contribution in [0.4, 0.5) is 52.7 Å². The molecule has 0 rings (SSSR count). The van der Waals surface area contributed by atoms with Crippen molar-refractivity contribution in [1.82, 2.24) is 0 Å². The number of alkyl halides is 12. The highest BCUT2D eigenvalue weighted by Crippen LogP contribution is 2.36. The second kappa shape index (κ2) is 8.82. The Balaban J connectivity index is 4.28. The molecule has 0 aromatic rings. The molecule has 0 amide bonds. The van der Waals surface area contributed by atoms with Crippen molar-refractivity contribution in [3.63, 3.8) is 0 Å². The van der Waals surface area contributed by atoms with Gasteiger partial charge in [-0.15, -0.1) is 0 Å². The molecule has 0 aromatic carbocycles. The molecule has 15 heteroatoms. The fraction of sp³-hybridized carbons (Fsp3) is 1.00. The van der Waals surface area contributed by atoms with Crippen LogP contribution in [0.1, 0.15) is 0 Å². The molecule has 158 valence electrons. The summed E-state index contributed by atoms with van der Waals surface area (Å²) >= 11 is 0. The third-order valence-corrected chi connectivity index (χ3v) is 2.53. The smallest absolute Gasteiger partial charge is 0.388 e. The van der Waals surface area contributed by atoms with Crippen molar-refractivity contribution in [3.05, 3.63) is 0 Å². The van der Waals surface area contributed by atoms with Gasteiger partial charge in [0, 0.05) is 0 Å². The van der Waals surface area contributed by atoms with Gasteiger partial charge in [-0.05, 0) is 0 Å². The minimum atomic E-state index is -5.89. The lowest BCUT2D eigenvalue weighted by Crippen LogP contribution is -2.46. The Labute approximate surface area is 137 Å². The van der Waals surface area contributed by atoms with Crippen molar-refractivity contribution >= 4 is 0 Å². The van der Waals surface area contributed by atoms with E-state index in [1.807, 2.05) is 0 Å². The molecule has 0 aliphatic rings. The van der Waals surface area contributed by atoms with Crippen molar-refractivity contribution in [2.24, 2.45) is 0 Å². The van der Waals surface area contributed by atoms with Gasteiger partial charge in [0.05, 0.1) is 13.2 Å². The van der Waals surface area contributed by atoms with Gasteiger partial charge in [-0.3, -0.25) is 0 Å².